The molecule has 3 fully saturated rings. The second-order valence-electron chi connectivity index (χ2n) is 16.6. The van der Waals surface area contributed by atoms with E-state index in [1.54, 1.807) is 0 Å². The number of nitrogens with two attached hydrogens (primary N) is 1. The Kier molecular flexibility index (Phi) is 10.8. The fourth-order valence-corrected chi connectivity index (χ4v) is 6.71. The minimum Gasteiger partial charge on any atom is -0.379 e. The van der Waals surface area contributed by atoms with E-state index in [2.05, 4.69) is 21.3 Å². The standard InChI is InChI=1S/C35H54N6O7/c1-17(2)20-13-14-41(25(20)31(46)38-21(15-18-9-10-18)26(42)30(36)45)32(47)29(35(6,7)8)40-33(48)39-22(34(3,4)5)16-37-24-23(19-11-12-19)27(43)28(24)44/h17-22,25,29,37H,9-16H2,1-8H3,(H2,36,45)(H,38,46)(H2,39,40,48)/t20-,21?,22-,25+,29-/m1/s1. The first kappa shape index (κ1) is 37.1. The lowest BCUT2D eigenvalue weighted by molar-refractivity contribution is -0.144. The normalized spacial score (nSPS) is 21.8. The minimum atomic E-state index is -1.11. The predicted octanol–water partition coefficient (Wildman–Crippen LogP) is 1.91. The number of anilines is 1. The van der Waals surface area contributed by atoms with Crippen LogP contribution in [0, 0.1) is 28.6 Å². The average molecular weight is 671 g/mol. The van der Waals surface area contributed by atoms with E-state index in [0.29, 0.717) is 24.1 Å². The molecule has 1 aromatic rings. The molecule has 0 bridgehead atoms. The number of ketones is 1. The van der Waals surface area contributed by atoms with E-state index < -0.39 is 75.4 Å². The van der Waals surface area contributed by atoms with Crippen molar-refractivity contribution in [3.05, 3.63) is 26.0 Å². The van der Waals surface area contributed by atoms with Crippen molar-refractivity contribution in [2.45, 2.75) is 124 Å². The van der Waals surface area contributed by atoms with Crippen LogP contribution in [-0.2, 0) is 19.2 Å². The molecule has 1 aliphatic heterocycles. The topological polar surface area (TPSA) is 197 Å². The minimum absolute atomic E-state index is 0.0325. The molecule has 0 aromatic heterocycles. The zero-order valence-electron chi connectivity index (χ0n) is 29.7. The number of carbonyl (C=O) groups is 5. The highest BCUT2D eigenvalue weighted by molar-refractivity contribution is 6.37. The number of Topliss-reactive ketones (excluding diaryl/α,β-unsaturated/α-hetero) is 1. The van der Waals surface area contributed by atoms with E-state index in [4.69, 9.17) is 5.73 Å². The molecule has 4 rings (SSSR count). The number of urea groups is 1. The molecule has 1 saturated heterocycles. The molecule has 1 aromatic carbocycles. The summed E-state index contributed by atoms with van der Waals surface area (Å²) >= 11 is 0. The van der Waals surface area contributed by atoms with Gasteiger partial charge < -0.3 is 31.9 Å². The number of hydrogen-bond donors (Lipinski definition) is 5. The first-order chi connectivity index (χ1) is 22.2. The summed E-state index contributed by atoms with van der Waals surface area (Å²) in [7, 11) is 0. The number of rotatable bonds is 14. The fraction of sp³-hybridized carbons (Fsp3) is 0.743. The van der Waals surface area contributed by atoms with Crippen LogP contribution < -0.4 is 37.9 Å². The summed E-state index contributed by atoms with van der Waals surface area (Å²) in [4.78, 5) is 92.0. The molecule has 3 aliphatic rings. The SMILES string of the molecule is CC(C)[C@H]1CCN(C(=O)[C@@H](NC(=O)N[C@H](CNc2c(C3CC3)c(=O)c2=O)C(C)(C)C)C(C)(C)C)[C@@H]1C(=O)NC(CC1CC1)C(=O)C(N)=O. The molecule has 1 heterocycles. The van der Waals surface area contributed by atoms with E-state index in [-0.39, 0.29) is 36.8 Å². The average Bonchev–Trinajstić information content (AvgIpc) is 3.92. The van der Waals surface area contributed by atoms with Gasteiger partial charge in [0.2, 0.25) is 28.5 Å². The Balaban J connectivity index is 1.50. The Morgan fingerprint density at radius 3 is 1.98 bits per heavy atom. The molecule has 2 saturated carbocycles. The van der Waals surface area contributed by atoms with Crippen molar-refractivity contribution in [2.24, 2.45) is 34.3 Å². The molecule has 2 aliphatic carbocycles. The van der Waals surface area contributed by atoms with Gasteiger partial charge in [-0.15, -0.1) is 0 Å². The monoisotopic (exact) mass is 670 g/mol. The lowest BCUT2D eigenvalue weighted by Gasteiger charge is -2.38. The summed E-state index contributed by atoms with van der Waals surface area (Å²) < 4.78 is 0. The quantitative estimate of drug-likeness (QED) is 0.185. The lowest BCUT2D eigenvalue weighted by atomic mass is 9.84. The van der Waals surface area contributed by atoms with Gasteiger partial charge in [0.25, 0.3) is 5.91 Å². The Morgan fingerprint density at radius 1 is 0.854 bits per heavy atom. The Morgan fingerprint density at radius 2 is 1.48 bits per heavy atom. The molecule has 0 radical (unpaired) electrons. The molecule has 6 N–H and O–H groups in total. The van der Waals surface area contributed by atoms with Crippen LogP contribution in [0.3, 0.4) is 0 Å². The lowest BCUT2D eigenvalue weighted by Crippen LogP contribution is -2.62. The van der Waals surface area contributed by atoms with Crippen molar-refractivity contribution in [1.82, 2.24) is 20.9 Å². The van der Waals surface area contributed by atoms with E-state index in [1.807, 2.05) is 55.4 Å². The Hall–Kier alpha value is -3.77. The van der Waals surface area contributed by atoms with Crippen molar-refractivity contribution < 1.29 is 24.0 Å². The van der Waals surface area contributed by atoms with Gasteiger partial charge in [-0.2, -0.15) is 0 Å². The van der Waals surface area contributed by atoms with Gasteiger partial charge in [0.1, 0.15) is 12.1 Å². The highest BCUT2D eigenvalue weighted by Gasteiger charge is 2.48. The van der Waals surface area contributed by atoms with Gasteiger partial charge in [-0.1, -0.05) is 68.2 Å². The van der Waals surface area contributed by atoms with Crippen LogP contribution in [0.4, 0.5) is 10.5 Å². The van der Waals surface area contributed by atoms with Gasteiger partial charge in [0.15, 0.2) is 0 Å². The molecular weight excluding hydrogens is 616 g/mol. The number of nitrogens with one attached hydrogen (secondary N) is 4. The van der Waals surface area contributed by atoms with Crippen LogP contribution in [0.15, 0.2) is 9.59 Å². The molecule has 48 heavy (non-hydrogen) atoms. The summed E-state index contributed by atoms with van der Waals surface area (Å²) in [6.45, 7) is 15.7. The fourth-order valence-electron chi connectivity index (χ4n) is 6.71. The van der Waals surface area contributed by atoms with Gasteiger partial charge in [0.05, 0.1) is 17.8 Å². The predicted molar refractivity (Wildman–Crippen MR) is 182 cm³/mol. The van der Waals surface area contributed by atoms with Crippen molar-refractivity contribution in [3.8, 4) is 0 Å². The molecule has 0 spiro atoms. The zero-order chi connectivity index (χ0) is 35.9. The van der Waals surface area contributed by atoms with Crippen LogP contribution in [0.2, 0.25) is 0 Å². The van der Waals surface area contributed by atoms with Gasteiger partial charge in [-0.25, -0.2) is 4.79 Å². The van der Waals surface area contributed by atoms with Crippen molar-refractivity contribution >= 4 is 35.2 Å². The van der Waals surface area contributed by atoms with Crippen LogP contribution in [0.5, 0.6) is 0 Å². The van der Waals surface area contributed by atoms with Crippen molar-refractivity contribution in [2.75, 3.05) is 18.4 Å². The van der Waals surface area contributed by atoms with Gasteiger partial charge in [0, 0.05) is 18.7 Å². The van der Waals surface area contributed by atoms with Crippen LogP contribution >= 0.6 is 0 Å². The molecule has 13 heteroatoms. The van der Waals surface area contributed by atoms with Crippen LogP contribution in [0.25, 0.3) is 0 Å². The van der Waals surface area contributed by atoms with E-state index in [9.17, 15) is 33.6 Å². The highest BCUT2D eigenvalue weighted by Crippen LogP contribution is 2.41. The van der Waals surface area contributed by atoms with E-state index in [1.165, 1.54) is 4.90 Å². The first-order valence-corrected chi connectivity index (χ1v) is 17.3. The Labute approximate surface area is 282 Å². The highest BCUT2D eigenvalue weighted by atomic mass is 16.2. The summed E-state index contributed by atoms with van der Waals surface area (Å²) in [6.07, 6.45) is 4.46. The molecule has 1 unspecified atom stereocenters. The molecule has 5 amide bonds. The van der Waals surface area contributed by atoms with Crippen LogP contribution in [-0.4, -0.2) is 71.7 Å². The zero-order valence-corrected chi connectivity index (χ0v) is 29.7. The second-order valence-corrected chi connectivity index (χ2v) is 16.6. The third kappa shape index (κ3) is 8.44. The molecule has 5 atom stereocenters. The number of likely N-dealkylation sites (tertiary alicyclic amines) is 1. The summed E-state index contributed by atoms with van der Waals surface area (Å²) in [5, 5.41) is 11.7. The van der Waals surface area contributed by atoms with Crippen molar-refractivity contribution in [1.29, 1.82) is 0 Å². The maximum absolute atomic E-state index is 14.3. The third-order valence-electron chi connectivity index (χ3n) is 10.1. The number of hydrogen-bond acceptors (Lipinski definition) is 8. The molecule has 266 valence electrons. The third-order valence-corrected chi connectivity index (χ3v) is 10.1. The maximum atomic E-state index is 14.3. The Bertz CT molecular complexity index is 1490. The van der Waals surface area contributed by atoms with E-state index >= 15 is 0 Å². The second kappa shape index (κ2) is 14.0. The van der Waals surface area contributed by atoms with E-state index in [0.717, 1.165) is 25.7 Å². The smallest absolute Gasteiger partial charge is 0.315 e. The molecule has 13 nitrogen and oxygen atoms in total. The summed E-state index contributed by atoms with van der Waals surface area (Å²) in [5.41, 5.74) is 4.01. The maximum Gasteiger partial charge on any atom is 0.315 e. The van der Waals surface area contributed by atoms with Crippen molar-refractivity contribution in [3.63, 3.8) is 0 Å². The first-order valence-electron chi connectivity index (χ1n) is 17.3. The van der Waals surface area contributed by atoms with Crippen LogP contribution in [0.1, 0.15) is 105 Å². The summed E-state index contributed by atoms with van der Waals surface area (Å²) in [5.74, 6) is -2.72. The number of carbonyl (C=O) groups excluding carboxylic acids is 5. The number of amides is 5. The largest absolute Gasteiger partial charge is 0.379 e. The van der Waals surface area contributed by atoms with Gasteiger partial charge in [-0.3, -0.25) is 28.8 Å². The van der Waals surface area contributed by atoms with Gasteiger partial charge >= 0.3 is 6.03 Å². The number of nitrogens with zero attached hydrogens (tertiary/aromatic N) is 1. The number of primary amides is 1. The van der Waals surface area contributed by atoms with Gasteiger partial charge in [-0.05, 0) is 60.2 Å². The summed E-state index contributed by atoms with van der Waals surface area (Å²) in [6, 6.07) is -4.04. The molecular formula is C35H54N6O7.